The molecule has 0 unspecified atom stereocenters. The van der Waals surface area contributed by atoms with Crippen LogP contribution in [-0.4, -0.2) is 47.8 Å². The summed E-state index contributed by atoms with van der Waals surface area (Å²) in [4.78, 5) is 7.06. The van der Waals surface area contributed by atoms with Gasteiger partial charge >= 0.3 is 0 Å². The number of hydrogen-bond donors (Lipinski definition) is 1. The van der Waals surface area contributed by atoms with E-state index in [1.807, 2.05) is 6.07 Å². The fourth-order valence-electron chi connectivity index (χ4n) is 3.39. The molecule has 4 rings (SSSR count). The zero-order valence-electron chi connectivity index (χ0n) is 13.9. The highest BCUT2D eigenvalue weighted by atomic mass is 16.5. The molecule has 0 radical (unpaired) electrons. The lowest BCUT2D eigenvalue weighted by Gasteiger charge is -2.26. The molecule has 2 aromatic rings. The van der Waals surface area contributed by atoms with Crippen LogP contribution < -0.4 is 5.32 Å². The van der Waals surface area contributed by atoms with Crippen molar-refractivity contribution in [2.24, 2.45) is 0 Å². The summed E-state index contributed by atoms with van der Waals surface area (Å²) in [5, 5.41) is 7.42. The van der Waals surface area contributed by atoms with Crippen molar-refractivity contribution in [1.29, 1.82) is 0 Å². The summed E-state index contributed by atoms with van der Waals surface area (Å²) in [5.41, 5.74) is 2.31. The van der Waals surface area contributed by atoms with Crippen LogP contribution in [0.2, 0.25) is 0 Å². The van der Waals surface area contributed by atoms with Gasteiger partial charge in [-0.15, -0.1) is 0 Å². The first-order valence-corrected chi connectivity index (χ1v) is 8.86. The van der Waals surface area contributed by atoms with Gasteiger partial charge in [0.15, 0.2) is 0 Å². The standard InChI is InChI=1S/C18H24N4O2/c1-2-8-22(9-3-1)13-14-5-4-6-15(11-14)17-20-18(24-21-17)16-12-19-7-10-23-16/h4-6,11,16,19H,1-3,7-10,12-13H2/t16-/m0/s1. The topological polar surface area (TPSA) is 63.4 Å². The van der Waals surface area contributed by atoms with Crippen LogP contribution >= 0.6 is 0 Å². The summed E-state index contributed by atoms with van der Waals surface area (Å²) < 4.78 is 11.1. The molecule has 2 saturated heterocycles. The van der Waals surface area contributed by atoms with Gasteiger partial charge in [-0.25, -0.2) is 0 Å². The molecular formula is C18H24N4O2. The van der Waals surface area contributed by atoms with E-state index >= 15 is 0 Å². The van der Waals surface area contributed by atoms with Crippen LogP contribution in [-0.2, 0) is 11.3 Å². The van der Waals surface area contributed by atoms with Gasteiger partial charge in [-0.3, -0.25) is 4.90 Å². The average Bonchev–Trinajstić information content (AvgIpc) is 3.14. The second kappa shape index (κ2) is 7.42. The molecule has 2 fully saturated rings. The molecule has 0 amide bonds. The number of piperidine rings is 1. The maximum atomic E-state index is 5.67. The molecule has 3 heterocycles. The Labute approximate surface area is 142 Å². The summed E-state index contributed by atoms with van der Waals surface area (Å²) in [6, 6.07) is 8.45. The zero-order chi connectivity index (χ0) is 16.2. The minimum absolute atomic E-state index is 0.142. The van der Waals surface area contributed by atoms with Gasteiger partial charge in [-0.05, 0) is 37.6 Å². The van der Waals surface area contributed by atoms with Gasteiger partial charge in [0.1, 0.15) is 6.10 Å². The van der Waals surface area contributed by atoms with Crippen molar-refractivity contribution < 1.29 is 9.26 Å². The maximum Gasteiger partial charge on any atom is 0.257 e. The molecule has 0 aliphatic carbocycles. The van der Waals surface area contributed by atoms with Crippen molar-refractivity contribution in [3.8, 4) is 11.4 Å². The van der Waals surface area contributed by atoms with E-state index in [0.717, 1.165) is 25.2 Å². The van der Waals surface area contributed by atoms with Gasteiger partial charge in [-0.1, -0.05) is 29.8 Å². The Morgan fingerprint density at radius 1 is 1.21 bits per heavy atom. The van der Waals surface area contributed by atoms with E-state index in [1.165, 1.54) is 37.9 Å². The van der Waals surface area contributed by atoms with E-state index in [2.05, 4.69) is 38.6 Å². The Hall–Kier alpha value is -1.76. The van der Waals surface area contributed by atoms with Crippen molar-refractivity contribution in [3.63, 3.8) is 0 Å². The van der Waals surface area contributed by atoms with E-state index in [9.17, 15) is 0 Å². The third-order valence-corrected chi connectivity index (χ3v) is 4.68. The van der Waals surface area contributed by atoms with Crippen molar-refractivity contribution in [1.82, 2.24) is 20.4 Å². The lowest BCUT2D eigenvalue weighted by Crippen LogP contribution is -2.33. The summed E-state index contributed by atoms with van der Waals surface area (Å²) in [7, 11) is 0. The van der Waals surface area contributed by atoms with E-state index in [1.54, 1.807) is 0 Å². The van der Waals surface area contributed by atoms with Gasteiger partial charge in [0, 0.05) is 25.2 Å². The third-order valence-electron chi connectivity index (χ3n) is 4.68. The molecule has 1 N–H and O–H groups in total. The molecule has 24 heavy (non-hydrogen) atoms. The van der Waals surface area contributed by atoms with Gasteiger partial charge in [0.05, 0.1) is 6.61 Å². The highest BCUT2D eigenvalue weighted by molar-refractivity contribution is 5.55. The van der Waals surface area contributed by atoms with E-state index in [-0.39, 0.29) is 6.10 Å². The highest BCUT2D eigenvalue weighted by Crippen LogP contribution is 2.23. The number of aromatic nitrogens is 2. The predicted molar refractivity (Wildman–Crippen MR) is 90.4 cm³/mol. The first-order chi connectivity index (χ1) is 11.9. The smallest absolute Gasteiger partial charge is 0.257 e. The molecule has 0 spiro atoms. The monoisotopic (exact) mass is 328 g/mol. The Morgan fingerprint density at radius 3 is 2.96 bits per heavy atom. The van der Waals surface area contributed by atoms with Gasteiger partial charge < -0.3 is 14.6 Å². The predicted octanol–water partition coefficient (Wildman–Crippen LogP) is 2.38. The largest absolute Gasteiger partial charge is 0.366 e. The Balaban J connectivity index is 1.47. The minimum atomic E-state index is -0.142. The average molecular weight is 328 g/mol. The molecule has 6 nitrogen and oxygen atoms in total. The number of hydrogen-bond acceptors (Lipinski definition) is 6. The number of morpholine rings is 1. The van der Waals surface area contributed by atoms with Gasteiger partial charge in [0.25, 0.3) is 5.89 Å². The summed E-state index contributed by atoms with van der Waals surface area (Å²) >= 11 is 0. The van der Waals surface area contributed by atoms with Crippen molar-refractivity contribution in [3.05, 3.63) is 35.7 Å². The number of rotatable bonds is 4. The number of nitrogens with one attached hydrogen (secondary N) is 1. The zero-order valence-corrected chi connectivity index (χ0v) is 13.9. The molecule has 2 aliphatic heterocycles. The van der Waals surface area contributed by atoms with Crippen molar-refractivity contribution in [2.75, 3.05) is 32.8 Å². The van der Waals surface area contributed by atoms with Gasteiger partial charge in [-0.2, -0.15) is 4.98 Å². The van der Waals surface area contributed by atoms with Crippen LogP contribution in [0.1, 0.15) is 36.8 Å². The molecule has 6 heteroatoms. The summed E-state index contributed by atoms with van der Waals surface area (Å²) in [5.74, 6) is 1.19. The van der Waals surface area contributed by atoms with Crippen LogP contribution in [0.3, 0.4) is 0 Å². The molecule has 1 aromatic carbocycles. The first-order valence-electron chi connectivity index (χ1n) is 8.86. The third kappa shape index (κ3) is 3.66. The second-order valence-corrected chi connectivity index (χ2v) is 6.56. The first kappa shape index (κ1) is 15.7. The number of likely N-dealkylation sites (tertiary alicyclic amines) is 1. The Bertz CT molecular complexity index is 661. The quantitative estimate of drug-likeness (QED) is 0.930. The SMILES string of the molecule is c1cc(CN2CCCCC2)cc(-c2noc([C@@H]3CNCCO3)n2)c1. The lowest BCUT2D eigenvalue weighted by atomic mass is 10.1. The van der Waals surface area contributed by atoms with E-state index < -0.39 is 0 Å². The lowest BCUT2D eigenvalue weighted by molar-refractivity contribution is 0.00755. The molecular weight excluding hydrogens is 304 g/mol. The molecule has 1 aromatic heterocycles. The summed E-state index contributed by atoms with van der Waals surface area (Å²) in [6.45, 7) is 5.65. The maximum absolute atomic E-state index is 5.67. The van der Waals surface area contributed by atoms with Crippen molar-refractivity contribution >= 4 is 0 Å². The molecule has 128 valence electrons. The molecule has 1 atom stereocenters. The fourth-order valence-corrected chi connectivity index (χ4v) is 3.39. The normalized spacial score (nSPS) is 22.6. The number of benzene rings is 1. The number of nitrogens with zero attached hydrogens (tertiary/aromatic N) is 3. The number of ether oxygens (including phenoxy) is 1. The van der Waals surface area contributed by atoms with E-state index in [0.29, 0.717) is 18.3 Å². The van der Waals surface area contributed by atoms with Crippen LogP contribution in [0.15, 0.2) is 28.8 Å². The fraction of sp³-hybridized carbons (Fsp3) is 0.556. The highest BCUT2D eigenvalue weighted by Gasteiger charge is 2.22. The van der Waals surface area contributed by atoms with Crippen LogP contribution in [0, 0.1) is 0 Å². The molecule has 0 saturated carbocycles. The van der Waals surface area contributed by atoms with Gasteiger partial charge in [0.2, 0.25) is 5.82 Å². The minimum Gasteiger partial charge on any atom is -0.366 e. The van der Waals surface area contributed by atoms with Crippen LogP contribution in [0.4, 0.5) is 0 Å². The Morgan fingerprint density at radius 2 is 2.12 bits per heavy atom. The Kier molecular flexibility index (Phi) is 4.87. The molecule has 0 bridgehead atoms. The molecule has 2 aliphatic rings. The van der Waals surface area contributed by atoms with E-state index in [4.69, 9.17) is 9.26 Å². The second-order valence-electron chi connectivity index (χ2n) is 6.56. The van der Waals surface area contributed by atoms with Crippen LogP contribution in [0.25, 0.3) is 11.4 Å². The van der Waals surface area contributed by atoms with Crippen molar-refractivity contribution in [2.45, 2.75) is 31.9 Å². The summed E-state index contributed by atoms with van der Waals surface area (Å²) in [6.07, 6.45) is 3.84. The van der Waals surface area contributed by atoms with Crippen LogP contribution in [0.5, 0.6) is 0 Å².